The molecule has 176 valence electrons. The van der Waals surface area contributed by atoms with E-state index in [-0.39, 0.29) is 29.5 Å². The number of carbonyl (C=O) groups is 1. The Bertz CT molecular complexity index is 937. The lowest BCUT2D eigenvalue weighted by Crippen LogP contribution is -2.53. The maximum Gasteiger partial charge on any atom is 0.237 e. The van der Waals surface area contributed by atoms with Crippen LogP contribution in [-0.4, -0.2) is 91.9 Å². The zero-order chi connectivity index (χ0) is 22.1. The Morgan fingerprint density at radius 3 is 2.50 bits per heavy atom. The first-order chi connectivity index (χ1) is 15.5. The largest absolute Gasteiger partial charge is 0.493 e. The van der Waals surface area contributed by atoms with Gasteiger partial charge in [0, 0.05) is 51.2 Å². The number of amides is 1. The van der Waals surface area contributed by atoms with Crippen LogP contribution in [0.1, 0.15) is 43.2 Å². The van der Waals surface area contributed by atoms with Gasteiger partial charge in [0.05, 0.1) is 24.7 Å². The molecule has 0 aromatic heterocycles. The van der Waals surface area contributed by atoms with Gasteiger partial charge in [-0.15, -0.1) is 0 Å². The van der Waals surface area contributed by atoms with Gasteiger partial charge in [-0.1, -0.05) is 25.0 Å². The first-order valence-electron chi connectivity index (χ1n) is 12.2. The van der Waals surface area contributed by atoms with Gasteiger partial charge in [0.15, 0.2) is 9.84 Å². The van der Waals surface area contributed by atoms with E-state index in [2.05, 4.69) is 28.0 Å². The van der Waals surface area contributed by atoms with Crippen LogP contribution in [0.15, 0.2) is 18.2 Å². The van der Waals surface area contributed by atoms with Crippen LogP contribution in [0.5, 0.6) is 5.75 Å². The molecule has 1 amide bonds. The Hall–Kier alpha value is -1.64. The molecule has 7 nitrogen and oxygen atoms in total. The average molecular weight is 462 g/mol. The number of piperazine rings is 1. The van der Waals surface area contributed by atoms with E-state index in [9.17, 15) is 13.2 Å². The van der Waals surface area contributed by atoms with Crippen LogP contribution in [0.4, 0.5) is 0 Å². The molecule has 0 bridgehead atoms. The van der Waals surface area contributed by atoms with Gasteiger partial charge in [0.2, 0.25) is 5.91 Å². The lowest BCUT2D eigenvalue weighted by molar-refractivity contribution is -0.137. The zero-order valence-electron chi connectivity index (χ0n) is 18.9. The molecule has 3 heterocycles. The quantitative estimate of drug-likeness (QED) is 0.642. The number of rotatable bonds is 6. The van der Waals surface area contributed by atoms with Crippen LogP contribution in [0.2, 0.25) is 0 Å². The second-order valence-electron chi connectivity index (χ2n) is 9.89. The third-order valence-corrected chi connectivity index (χ3v) is 9.34. The zero-order valence-corrected chi connectivity index (χ0v) is 19.7. The minimum absolute atomic E-state index is 0.124. The highest BCUT2D eigenvalue weighted by Crippen LogP contribution is 2.30. The van der Waals surface area contributed by atoms with E-state index in [1.165, 1.54) is 11.1 Å². The normalized spacial score (nSPS) is 26.2. The molecule has 4 aliphatic rings. The molecule has 8 heteroatoms. The Morgan fingerprint density at radius 2 is 1.78 bits per heavy atom. The predicted octanol–water partition coefficient (Wildman–Crippen LogP) is 1.70. The third-order valence-electron chi connectivity index (χ3n) is 7.59. The first-order valence-corrected chi connectivity index (χ1v) is 14.0. The summed E-state index contributed by atoms with van der Waals surface area (Å²) in [5.41, 5.74) is 2.64. The monoisotopic (exact) mass is 461 g/mol. The number of carbonyl (C=O) groups excluding carboxylic acids is 1. The summed E-state index contributed by atoms with van der Waals surface area (Å²) in [7, 11) is -3.00. The van der Waals surface area contributed by atoms with Gasteiger partial charge in [-0.05, 0) is 36.5 Å². The molecular weight excluding hydrogens is 426 g/mol. The van der Waals surface area contributed by atoms with Gasteiger partial charge in [0.25, 0.3) is 0 Å². The fourth-order valence-electron chi connectivity index (χ4n) is 5.86. The van der Waals surface area contributed by atoms with Crippen LogP contribution < -0.4 is 4.74 Å². The maximum atomic E-state index is 13.3. The average Bonchev–Trinajstić information content (AvgIpc) is 3.51. The van der Waals surface area contributed by atoms with Crippen molar-refractivity contribution in [2.24, 2.45) is 0 Å². The van der Waals surface area contributed by atoms with Crippen molar-refractivity contribution in [2.45, 2.75) is 57.2 Å². The minimum Gasteiger partial charge on any atom is -0.493 e. The Kier molecular flexibility index (Phi) is 6.45. The SMILES string of the molecule is O=C(CN1CCN(Cc2ccc3c(c2)CCO3)CC1)N(C1CCCC1)C1CCS(=O)(=O)C1. The summed E-state index contributed by atoms with van der Waals surface area (Å²) in [5.74, 6) is 1.53. The van der Waals surface area contributed by atoms with Crippen LogP contribution in [0, 0.1) is 0 Å². The molecule has 1 unspecified atom stereocenters. The van der Waals surface area contributed by atoms with Crippen molar-refractivity contribution in [2.75, 3.05) is 50.8 Å². The molecule has 32 heavy (non-hydrogen) atoms. The van der Waals surface area contributed by atoms with Crippen molar-refractivity contribution in [3.8, 4) is 5.75 Å². The lowest BCUT2D eigenvalue weighted by atomic mass is 10.1. The van der Waals surface area contributed by atoms with Crippen molar-refractivity contribution >= 4 is 15.7 Å². The number of nitrogens with zero attached hydrogens (tertiary/aromatic N) is 3. The molecule has 0 N–H and O–H groups in total. The maximum absolute atomic E-state index is 13.3. The van der Waals surface area contributed by atoms with E-state index in [1.54, 1.807) is 0 Å². The lowest BCUT2D eigenvalue weighted by Gasteiger charge is -2.38. The number of fused-ring (bicyclic) bond motifs is 1. The summed E-state index contributed by atoms with van der Waals surface area (Å²) >= 11 is 0. The van der Waals surface area contributed by atoms with Crippen LogP contribution in [-0.2, 0) is 27.6 Å². The molecule has 0 spiro atoms. The van der Waals surface area contributed by atoms with E-state index in [0.29, 0.717) is 13.0 Å². The number of benzene rings is 1. The summed E-state index contributed by atoms with van der Waals surface area (Å²) < 4.78 is 29.7. The highest BCUT2D eigenvalue weighted by molar-refractivity contribution is 7.91. The van der Waals surface area contributed by atoms with Crippen molar-refractivity contribution in [1.82, 2.24) is 14.7 Å². The summed E-state index contributed by atoms with van der Waals surface area (Å²) in [6, 6.07) is 6.63. The van der Waals surface area contributed by atoms with Gasteiger partial charge in [0.1, 0.15) is 5.75 Å². The summed E-state index contributed by atoms with van der Waals surface area (Å²) in [6.45, 7) is 5.78. The van der Waals surface area contributed by atoms with E-state index in [0.717, 1.165) is 77.2 Å². The van der Waals surface area contributed by atoms with Crippen molar-refractivity contribution < 1.29 is 17.9 Å². The van der Waals surface area contributed by atoms with Gasteiger partial charge in [-0.3, -0.25) is 14.6 Å². The van der Waals surface area contributed by atoms with E-state index < -0.39 is 9.84 Å². The number of hydrogen-bond acceptors (Lipinski definition) is 6. The van der Waals surface area contributed by atoms with Crippen molar-refractivity contribution in [3.05, 3.63) is 29.3 Å². The topological polar surface area (TPSA) is 70.2 Å². The number of ether oxygens (including phenoxy) is 1. The van der Waals surface area contributed by atoms with E-state index in [4.69, 9.17) is 4.74 Å². The molecule has 1 saturated carbocycles. The Balaban J connectivity index is 1.15. The standard InChI is InChI=1S/C24H35N3O4S/c28-24(27(21-3-1-2-4-21)22-8-14-32(29,30)18-22)17-26-11-9-25(10-12-26)16-19-5-6-23-20(15-19)7-13-31-23/h5-6,15,21-22H,1-4,7-14,16-18H2. The van der Waals surface area contributed by atoms with Crippen LogP contribution in [0.3, 0.4) is 0 Å². The van der Waals surface area contributed by atoms with Gasteiger partial charge in [-0.2, -0.15) is 0 Å². The highest BCUT2D eigenvalue weighted by Gasteiger charge is 2.39. The predicted molar refractivity (Wildman–Crippen MR) is 124 cm³/mol. The minimum atomic E-state index is -3.00. The van der Waals surface area contributed by atoms with Gasteiger partial charge in [-0.25, -0.2) is 8.42 Å². The second-order valence-corrected chi connectivity index (χ2v) is 12.1. The Morgan fingerprint density at radius 1 is 1.03 bits per heavy atom. The molecule has 1 atom stereocenters. The molecule has 1 aromatic carbocycles. The molecule has 5 rings (SSSR count). The fraction of sp³-hybridized carbons (Fsp3) is 0.708. The van der Waals surface area contributed by atoms with Gasteiger partial charge < -0.3 is 9.64 Å². The van der Waals surface area contributed by atoms with Crippen LogP contribution >= 0.6 is 0 Å². The van der Waals surface area contributed by atoms with E-state index >= 15 is 0 Å². The fourth-order valence-corrected chi connectivity index (χ4v) is 7.57. The Labute approximate surface area is 191 Å². The summed E-state index contributed by atoms with van der Waals surface area (Å²) in [6.07, 6.45) is 5.91. The molecule has 1 aromatic rings. The summed E-state index contributed by atoms with van der Waals surface area (Å²) in [5, 5.41) is 0. The van der Waals surface area contributed by atoms with Crippen molar-refractivity contribution in [3.63, 3.8) is 0 Å². The number of sulfone groups is 1. The first kappa shape index (κ1) is 22.2. The van der Waals surface area contributed by atoms with E-state index in [1.807, 2.05) is 4.90 Å². The second kappa shape index (κ2) is 9.31. The molecular formula is C24H35N3O4S. The van der Waals surface area contributed by atoms with Gasteiger partial charge >= 0.3 is 0 Å². The molecule has 3 fully saturated rings. The molecule has 0 radical (unpaired) electrons. The summed E-state index contributed by atoms with van der Waals surface area (Å²) in [4.78, 5) is 20.0. The molecule has 3 aliphatic heterocycles. The highest BCUT2D eigenvalue weighted by atomic mass is 32.2. The van der Waals surface area contributed by atoms with Crippen LogP contribution in [0.25, 0.3) is 0 Å². The third kappa shape index (κ3) is 4.97. The molecule has 2 saturated heterocycles. The van der Waals surface area contributed by atoms with Crippen molar-refractivity contribution in [1.29, 1.82) is 0 Å². The number of hydrogen-bond donors (Lipinski definition) is 0. The molecule has 1 aliphatic carbocycles. The smallest absolute Gasteiger partial charge is 0.237 e.